The fourth-order valence-electron chi connectivity index (χ4n) is 2.02. The quantitative estimate of drug-likeness (QED) is 0.672. The fraction of sp³-hybridized carbons (Fsp3) is 0.562. The number of nitrogens with one attached hydrogen (secondary N) is 1. The molecule has 0 fully saturated rings. The molecule has 0 unspecified atom stereocenters. The van der Waals surface area contributed by atoms with Gasteiger partial charge in [0.15, 0.2) is 0 Å². The molecule has 2 N–H and O–H groups in total. The highest BCUT2D eigenvalue weighted by Crippen LogP contribution is 2.13. The van der Waals surface area contributed by atoms with Crippen LogP contribution in [-0.4, -0.2) is 23.2 Å². The van der Waals surface area contributed by atoms with Gasteiger partial charge in [0.25, 0.3) is 0 Å². The van der Waals surface area contributed by atoms with Crippen molar-refractivity contribution >= 4 is 5.97 Å². The number of carboxylic acids is 1. The van der Waals surface area contributed by atoms with Gasteiger partial charge in [-0.2, -0.15) is 0 Å². The van der Waals surface area contributed by atoms with Crippen LogP contribution < -0.4 is 5.32 Å². The summed E-state index contributed by atoms with van der Waals surface area (Å²) in [5.74, 6) is -0.705. The molecule has 0 saturated heterocycles. The number of unbranched alkanes of at least 4 members (excludes halogenated alkanes) is 1. The Morgan fingerprint density at radius 2 is 1.89 bits per heavy atom. The SMILES string of the molecule is CC(C)(CCc1ccccc1)NCCCCC(=O)O. The molecule has 0 amide bonds. The van der Waals surface area contributed by atoms with Crippen LogP contribution in [0.1, 0.15) is 45.1 Å². The molecule has 1 aromatic carbocycles. The van der Waals surface area contributed by atoms with Crippen molar-refractivity contribution in [1.82, 2.24) is 5.32 Å². The molecule has 0 aliphatic rings. The number of benzene rings is 1. The van der Waals surface area contributed by atoms with E-state index in [-0.39, 0.29) is 12.0 Å². The largest absolute Gasteiger partial charge is 0.481 e. The van der Waals surface area contributed by atoms with Crippen molar-refractivity contribution in [3.63, 3.8) is 0 Å². The van der Waals surface area contributed by atoms with Crippen molar-refractivity contribution in [3.05, 3.63) is 35.9 Å². The van der Waals surface area contributed by atoms with Crippen molar-refractivity contribution in [2.45, 2.75) is 51.5 Å². The zero-order valence-electron chi connectivity index (χ0n) is 12.0. The van der Waals surface area contributed by atoms with Crippen LogP contribution in [-0.2, 0) is 11.2 Å². The number of rotatable bonds is 9. The summed E-state index contributed by atoms with van der Waals surface area (Å²) in [7, 11) is 0. The second kappa shape index (κ2) is 7.95. The number of hydrogen-bond acceptors (Lipinski definition) is 2. The summed E-state index contributed by atoms with van der Waals surface area (Å²) < 4.78 is 0. The maximum Gasteiger partial charge on any atom is 0.303 e. The van der Waals surface area contributed by atoms with Gasteiger partial charge in [-0.1, -0.05) is 30.3 Å². The molecule has 1 rings (SSSR count). The van der Waals surface area contributed by atoms with Crippen LogP contribution in [0.15, 0.2) is 30.3 Å². The highest BCUT2D eigenvalue weighted by Gasteiger charge is 2.16. The molecule has 0 aliphatic heterocycles. The molecule has 19 heavy (non-hydrogen) atoms. The molecule has 0 radical (unpaired) electrons. The van der Waals surface area contributed by atoms with Gasteiger partial charge in [-0.15, -0.1) is 0 Å². The van der Waals surface area contributed by atoms with Gasteiger partial charge >= 0.3 is 5.97 Å². The van der Waals surface area contributed by atoms with E-state index in [0.29, 0.717) is 0 Å². The van der Waals surface area contributed by atoms with E-state index in [9.17, 15) is 4.79 Å². The first-order valence-electron chi connectivity index (χ1n) is 7.00. The molecule has 1 aromatic rings. The summed E-state index contributed by atoms with van der Waals surface area (Å²) in [5.41, 5.74) is 1.46. The lowest BCUT2D eigenvalue weighted by atomic mass is 9.95. The van der Waals surface area contributed by atoms with Gasteiger partial charge in [0, 0.05) is 12.0 Å². The van der Waals surface area contributed by atoms with E-state index in [1.54, 1.807) is 0 Å². The first kappa shape index (κ1) is 15.7. The third kappa shape index (κ3) is 7.62. The Morgan fingerprint density at radius 1 is 1.21 bits per heavy atom. The summed E-state index contributed by atoms with van der Waals surface area (Å²) in [4.78, 5) is 10.4. The van der Waals surface area contributed by atoms with Crippen molar-refractivity contribution in [3.8, 4) is 0 Å². The molecule has 0 heterocycles. The molecule has 106 valence electrons. The summed E-state index contributed by atoms with van der Waals surface area (Å²) in [5, 5.41) is 12.1. The van der Waals surface area contributed by atoms with E-state index < -0.39 is 5.97 Å². The van der Waals surface area contributed by atoms with Gasteiger partial charge in [0.1, 0.15) is 0 Å². The molecule has 3 heteroatoms. The summed E-state index contributed by atoms with van der Waals surface area (Å²) in [6.07, 6.45) is 4.08. The van der Waals surface area contributed by atoms with E-state index in [1.807, 2.05) is 6.07 Å². The Labute approximate surface area is 116 Å². The number of carboxylic acid groups (broad SMARTS) is 1. The third-order valence-electron chi connectivity index (χ3n) is 3.30. The van der Waals surface area contributed by atoms with Crippen LogP contribution >= 0.6 is 0 Å². The second-order valence-corrected chi connectivity index (χ2v) is 5.65. The molecule has 3 nitrogen and oxygen atoms in total. The Hall–Kier alpha value is -1.35. The highest BCUT2D eigenvalue weighted by molar-refractivity contribution is 5.66. The third-order valence-corrected chi connectivity index (χ3v) is 3.30. The number of carbonyl (C=O) groups is 1. The Bertz CT molecular complexity index is 374. The molecule has 0 spiro atoms. The molecule has 0 aliphatic carbocycles. The van der Waals surface area contributed by atoms with E-state index in [4.69, 9.17) is 5.11 Å². The number of hydrogen-bond donors (Lipinski definition) is 2. The smallest absolute Gasteiger partial charge is 0.303 e. The predicted molar refractivity (Wildman–Crippen MR) is 78.3 cm³/mol. The van der Waals surface area contributed by atoms with Crippen LogP contribution in [0.2, 0.25) is 0 Å². The van der Waals surface area contributed by atoms with Crippen LogP contribution in [0.4, 0.5) is 0 Å². The van der Waals surface area contributed by atoms with E-state index in [2.05, 4.69) is 43.4 Å². The minimum atomic E-state index is -0.705. The molecule has 0 aromatic heterocycles. The zero-order valence-corrected chi connectivity index (χ0v) is 12.0. The van der Waals surface area contributed by atoms with Crippen molar-refractivity contribution < 1.29 is 9.90 Å². The highest BCUT2D eigenvalue weighted by atomic mass is 16.4. The predicted octanol–water partition coefficient (Wildman–Crippen LogP) is 3.24. The average Bonchev–Trinajstić information content (AvgIpc) is 2.37. The van der Waals surface area contributed by atoms with Crippen LogP contribution in [0, 0.1) is 0 Å². The standard InChI is InChI=1S/C16H25NO2/c1-16(2,17-13-7-6-10-15(18)19)12-11-14-8-4-3-5-9-14/h3-5,8-9,17H,6-7,10-13H2,1-2H3,(H,18,19). The normalized spacial score (nSPS) is 11.5. The first-order chi connectivity index (χ1) is 8.99. The summed E-state index contributed by atoms with van der Waals surface area (Å²) in [6.45, 7) is 5.29. The van der Waals surface area contributed by atoms with Gasteiger partial charge in [-0.25, -0.2) is 0 Å². The van der Waals surface area contributed by atoms with Crippen LogP contribution in [0.25, 0.3) is 0 Å². The molecular formula is C16H25NO2. The molecule has 0 saturated carbocycles. The first-order valence-corrected chi connectivity index (χ1v) is 7.00. The Kier molecular flexibility index (Phi) is 6.57. The van der Waals surface area contributed by atoms with E-state index >= 15 is 0 Å². The van der Waals surface area contributed by atoms with Gasteiger partial charge < -0.3 is 10.4 Å². The molecular weight excluding hydrogens is 238 g/mol. The van der Waals surface area contributed by atoms with Gasteiger partial charge in [0.05, 0.1) is 0 Å². The summed E-state index contributed by atoms with van der Waals surface area (Å²) >= 11 is 0. The van der Waals surface area contributed by atoms with Crippen molar-refractivity contribution in [2.75, 3.05) is 6.54 Å². The lowest BCUT2D eigenvalue weighted by Gasteiger charge is -2.26. The Balaban J connectivity index is 2.18. The van der Waals surface area contributed by atoms with Crippen molar-refractivity contribution in [2.24, 2.45) is 0 Å². The van der Waals surface area contributed by atoms with Gasteiger partial charge in [-0.3, -0.25) is 4.79 Å². The monoisotopic (exact) mass is 263 g/mol. The molecule has 0 bridgehead atoms. The minimum absolute atomic E-state index is 0.0963. The summed E-state index contributed by atoms with van der Waals surface area (Å²) in [6, 6.07) is 10.5. The second-order valence-electron chi connectivity index (χ2n) is 5.65. The zero-order chi connectivity index (χ0) is 14.1. The van der Waals surface area contributed by atoms with E-state index in [0.717, 1.165) is 32.2 Å². The van der Waals surface area contributed by atoms with Crippen LogP contribution in [0.5, 0.6) is 0 Å². The van der Waals surface area contributed by atoms with Gasteiger partial charge in [0.2, 0.25) is 0 Å². The van der Waals surface area contributed by atoms with Crippen molar-refractivity contribution in [1.29, 1.82) is 0 Å². The lowest BCUT2D eigenvalue weighted by Crippen LogP contribution is -2.40. The number of aliphatic carboxylic acids is 1. The average molecular weight is 263 g/mol. The maximum absolute atomic E-state index is 10.4. The lowest BCUT2D eigenvalue weighted by molar-refractivity contribution is -0.137. The fourth-order valence-corrected chi connectivity index (χ4v) is 2.02. The van der Waals surface area contributed by atoms with E-state index in [1.165, 1.54) is 5.56 Å². The molecule has 0 atom stereocenters. The maximum atomic E-state index is 10.4. The van der Waals surface area contributed by atoms with Crippen LogP contribution in [0.3, 0.4) is 0 Å². The Morgan fingerprint density at radius 3 is 2.53 bits per heavy atom. The minimum Gasteiger partial charge on any atom is -0.481 e. The van der Waals surface area contributed by atoms with Gasteiger partial charge in [-0.05, 0) is 51.6 Å². The number of aryl methyl sites for hydroxylation is 1. The topological polar surface area (TPSA) is 49.3 Å².